The monoisotopic (exact) mass is 195 g/mol. The van der Waals surface area contributed by atoms with Gasteiger partial charge in [-0.3, -0.25) is 4.68 Å². The molecule has 78 valence electrons. The fraction of sp³-hybridized carbons (Fsp3) is 0.700. The van der Waals surface area contributed by atoms with Gasteiger partial charge in [0.25, 0.3) is 0 Å². The van der Waals surface area contributed by atoms with E-state index in [1.54, 1.807) is 0 Å². The van der Waals surface area contributed by atoms with E-state index in [9.17, 15) is 0 Å². The van der Waals surface area contributed by atoms with Crippen LogP contribution in [0.15, 0.2) is 12.3 Å². The number of aryl methyl sites for hydroxylation is 1. The first-order valence-corrected chi connectivity index (χ1v) is 5.09. The molecule has 1 saturated heterocycles. The largest absolute Gasteiger partial charge is 0.377 e. The number of aromatic nitrogens is 2. The van der Waals surface area contributed by atoms with Crippen molar-refractivity contribution in [3.8, 4) is 0 Å². The molecule has 0 aromatic carbocycles. The van der Waals surface area contributed by atoms with E-state index in [0.717, 1.165) is 25.3 Å². The predicted molar refractivity (Wildman–Crippen MR) is 53.9 cm³/mol. The Morgan fingerprint density at radius 3 is 3.14 bits per heavy atom. The Morgan fingerprint density at radius 1 is 1.71 bits per heavy atom. The summed E-state index contributed by atoms with van der Waals surface area (Å²) >= 11 is 0. The van der Waals surface area contributed by atoms with Crippen molar-refractivity contribution in [2.75, 3.05) is 6.61 Å². The Balaban J connectivity index is 1.82. The summed E-state index contributed by atoms with van der Waals surface area (Å²) in [7, 11) is 1.94. The van der Waals surface area contributed by atoms with Gasteiger partial charge in [0.15, 0.2) is 0 Å². The first kappa shape index (κ1) is 9.68. The van der Waals surface area contributed by atoms with E-state index in [-0.39, 0.29) is 0 Å². The zero-order chi connectivity index (χ0) is 9.97. The molecule has 4 nitrogen and oxygen atoms in total. The molecule has 0 bridgehead atoms. The lowest BCUT2D eigenvalue weighted by Crippen LogP contribution is -2.34. The van der Waals surface area contributed by atoms with Gasteiger partial charge in [0.1, 0.15) is 0 Å². The Labute approximate surface area is 84.3 Å². The molecule has 1 aliphatic heterocycles. The third-order valence-electron chi connectivity index (χ3n) is 2.69. The van der Waals surface area contributed by atoms with Crippen molar-refractivity contribution in [3.05, 3.63) is 18.0 Å². The Kier molecular flexibility index (Phi) is 2.84. The fourth-order valence-electron chi connectivity index (χ4n) is 1.79. The molecule has 2 heterocycles. The summed E-state index contributed by atoms with van der Waals surface area (Å²) < 4.78 is 7.30. The normalized spacial score (nSPS) is 27.0. The third kappa shape index (κ3) is 2.13. The summed E-state index contributed by atoms with van der Waals surface area (Å²) in [5.41, 5.74) is 1.09. The van der Waals surface area contributed by atoms with E-state index < -0.39 is 0 Å². The molecule has 0 aliphatic carbocycles. The lowest BCUT2D eigenvalue weighted by Gasteiger charge is -2.14. The van der Waals surface area contributed by atoms with Gasteiger partial charge in [-0.25, -0.2) is 0 Å². The maximum Gasteiger partial charge on any atom is 0.0762 e. The Bertz CT molecular complexity index is 297. The van der Waals surface area contributed by atoms with Crippen molar-refractivity contribution < 1.29 is 4.74 Å². The lowest BCUT2D eigenvalue weighted by atomic mass is 10.1. The van der Waals surface area contributed by atoms with Crippen molar-refractivity contribution in [1.82, 2.24) is 15.1 Å². The summed E-state index contributed by atoms with van der Waals surface area (Å²) in [6.07, 6.45) is 3.40. The van der Waals surface area contributed by atoms with Crippen LogP contribution in [0.4, 0.5) is 0 Å². The molecule has 4 heteroatoms. The van der Waals surface area contributed by atoms with Crippen molar-refractivity contribution in [2.24, 2.45) is 7.05 Å². The highest BCUT2D eigenvalue weighted by molar-refractivity contribution is 4.98. The highest BCUT2D eigenvalue weighted by atomic mass is 16.5. The molecular formula is C10H17N3O. The highest BCUT2D eigenvalue weighted by Crippen LogP contribution is 2.12. The maximum absolute atomic E-state index is 5.47. The van der Waals surface area contributed by atoms with E-state index >= 15 is 0 Å². The van der Waals surface area contributed by atoms with E-state index in [1.165, 1.54) is 0 Å². The van der Waals surface area contributed by atoms with Gasteiger partial charge in [0, 0.05) is 32.4 Å². The molecule has 0 radical (unpaired) electrons. The Morgan fingerprint density at radius 2 is 2.57 bits per heavy atom. The molecule has 1 aliphatic rings. The van der Waals surface area contributed by atoms with Gasteiger partial charge in [-0.05, 0) is 19.4 Å². The van der Waals surface area contributed by atoms with E-state index in [0.29, 0.717) is 12.1 Å². The lowest BCUT2D eigenvalue weighted by molar-refractivity contribution is 0.113. The van der Waals surface area contributed by atoms with E-state index in [2.05, 4.69) is 17.3 Å². The molecule has 1 N–H and O–H groups in total. The number of nitrogens with one attached hydrogen (secondary N) is 1. The predicted octanol–water partition coefficient (Wildman–Crippen LogP) is 0.687. The molecule has 1 fully saturated rings. The van der Waals surface area contributed by atoms with Crippen LogP contribution in [-0.2, 0) is 18.3 Å². The molecule has 2 atom stereocenters. The minimum atomic E-state index is 0.332. The molecule has 0 spiro atoms. The van der Waals surface area contributed by atoms with Crippen LogP contribution in [0.3, 0.4) is 0 Å². The minimum absolute atomic E-state index is 0.332. The standard InChI is InChI=1S/C10H17N3O/c1-8-10(4-6-14-8)11-7-9-3-5-13(2)12-9/h3,5,8,10-11H,4,6-7H2,1-2H3. The first-order valence-electron chi connectivity index (χ1n) is 5.09. The Hall–Kier alpha value is -0.870. The summed E-state index contributed by atoms with van der Waals surface area (Å²) in [4.78, 5) is 0. The second-order valence-corrected chi connectivity index (χ2v) is 3.83. The van der Waals surface area contributed by atoms with Gasteiger partial charge in [-0.2, -0.15) is 5.10 Å². The second kappa shape index (κ2) is 4.11. The molecule has 0 saturated carbocycles. The van der Waals surface area contributed by atoms with Gasteiger partial charge >= 0.3 is 0 Å². The number of rotatable bonds is 3. The first-order chi connectivity index (χ1) is 6.75. The van der Waals surface area contributed by atoms with E-state index in [1.807, 2.05) is 24.0 Å². The van der Waals surface area contributed by atoms with Crippen LogP contribution in [0.5, 0.6) is 0 Å². The van der Waals surface area contributed by atoms with Crippen molar-refractivity contribution in [1.29, 1.82) is 0 Å². The van der Waals surface area contributed by atoms with Crippen LogP contribution >= 0.6 is 0 Å². The zero-order valence-electron chi connectivity index (χ0n) is 8.73. The van der Waals surface area contributed by atoms with Gasteiger partial charge in [-0.15, -0.1) is 0 Å². The summed E-state index contributed by atoms with van der Waals surface area (Å²) in [5.74, 6) is 0. The van der Waals surface area contributed by atoms with Crippen molar-refractivity contribution in [2.45, 2.75) is 32.0 Å². The van der Waals surface area contributed by atoms with Crippen LogP contribution in [-0.4, -0.2) is 28.5 Å². The van der Waals surface area contributed by atoms with Crippen molar-refractivity contribution in [3.63, 3.8) is 0 Å². The number of nitrogens with zero attached hydrogens (tertiary/aromatic N) is 2. The zero-order valence-corrected chi connectivity index (χ0v) is 8.73. The summed E-state index contributed by atoms with van der Waals surface area (Å²) in [6.45, 7) is 3.82. The molecule has 0 amide bonds. The average molecular weight is 195 g/mol. The highest BCUT2D eigenvalue weighted by Gasteiger charge is 2.23. The van der Waals surface area contributed by atoms with Crippen LogP contribution in [0.2, 0.25) is 0 Å². The number of hydrogen-bond donors (Lipinski definition) is 1. The smallest absolute Gasteiger partial charge is 0.0762 e. The summed E-state index contributed by atoms with van der Waals surface area (Å²) in [5, 5.41) is 7.77. The minimum Gasteiger partial charge on any atom is -0.377 e. The molecule has 1 aromatic heterocycles. The SMILES string of the molecule is CC1OCCC1NCc1ccn(C)n1. The number of ether oxygens (including phenoxy) is 1. The summed E-state index contributed by atoms with van der Waals surface area (Å²) in [6, 6.07) is 2.52. The molecule has 1 aromatic rings. The average Bonchev–Trinajstić information content (AvgIpc) is 2.72. The molecular weight excluding hydrogens is 178 g/mol. The van der Waals surface area contributed by atoms with Gasteiger partial charge in [-0.1, -0.05) is 0 Å². The van der Waals surface area contributed by atoms with Crippen molar-refractivity contribution >= 4 is 0 Å². The molecule has 2 rings (SSSR count). The van der Waals surface area contributed by atoms with Gasteiger partial charge < -0.3 is 10.1 Å². The van der Waals surface area contributed by atoms with E-state index in [4.69, 9.17) is 4.74 Å². The molecule has 2 unspecified atom stereocenters. The third-order valence-corrected chi connectivity index (χ3v) is 2.69. The molecule has 14 heavy (non-hydrogen) atoms. The van der Waals surface area contributed by atoms with Crippen LogP contribution in [0, 0.1) is 0 Å². The van der Waals surface area contributed by atoms with Crippen LogP contribution in [0.25, 0.3) is 0 Å². The van der Waals surface area contributed by atoms with Gasteiger partial charge in [0.05, 0.1) is 11.8 Å². The number of hydrogen-bond acceptors (Lipinski definition) is 3. The van der Waals surface area contributed by atoms with Gasteiger partial charge in [0.2, 0.25) is 0 Å². The second-order valence-electron chi connectivity index (χ2n) is 3.83. The van der Waals surface area contributed by atoms with Crippen LogP contribution < -0.4 is 5.32 Å². The quantitative estimate of drug-likeness (QED) is 0.771. The topological polar surface area (TPSA) is 39.1 Å². The van der Waals surface area contributed by atoms with Crippen LogP contribution in [0.1, 0.15) is 19.0 Å². The fourth-order valence-corrected chi connectivity index (χ4v) is 1.79. The maximum atomic E-state index is 5.47.